The molecule has 3 aromatic rings. The topological polar surface area (TPSA) is 128 Å². The number of pyridine rings is 1. The minimum absolute atomic E-state index is 0.00403. The number of carbonyl (C=O) groups excluding carboxylic acids is 1. The molecule has 4 N–H and O–H groups in total. The predicted octanol–water partition coefficient (Wildman–Crippen LogP) is 4.59. The third-order valence-electron chi connectivity index (χ3n) is 6.99. The summed E-state index contributed by atoms with van der Waals surface area (Å²) in [5.74, 6) is -0.834. The second kappa shape index (κ2) is 9.81. The van der Waals surface area contributed by atoms with E-state index in [1.54, 1.807) is 26.0 Å². The van der Waals surface area contributed by atoms with Gasteiger partial charge in [-0.15, -0.1) is 0 Å². The SMILES string of the molecule is CC(C)(C#N)c1cc(Nc2nc(Nc3ccc4c(c3)CNCC43CC3)ncc2C(=O)NCC(F)(F)F)ccn1. The van der Waals surface area contributed by atoms with Crippen molar-refractivity contribution in [2.75, 3.05) is 23.7 Å². The van der Waals surface area contributed by atoms with Crippen molar-refractivity contribution in [2.45, 2.75) is 50.2 Å². The van der Waals surface area contributed by atoms with E-state index in [0.29, 0.717) is 11.4 Å². The number of hydrogen-bond acceptors (Lipinski definition) is 8. The van der Waals surface area contributed by atoms with E-state index in [2.05, 4.69) is 43.0 Å². The molecule has 1 saturated carbocycles. The Labute approximate surface area is 223 Å². The van der Waals surface area contributed by atoms with Gasteiger partial charge in [0, 0.05) is 42.3 Å². The van der Waals surface area contributed by atoms with Crippen LogP contribution >= 0.6 is 0 Å². The maximum absolute atomic E-state index is 12.7. The molecule has 5 rings (SSSR count). The number of aromatic nitrogens is 3. The van der Waals surface area contributed by atoms with Gasteiger partial charge in [0.15, 0.2) is 0 Å². The number of nitrogens with zero attached hydrogens (tertiary/aromatic N) is 4. The van der Waals surface area contributed by atoms with Crippen LogP contribution in [0.4, 0.5) is 36.3 Å². The first-order valence-corrected chi connectivity index (χ1v) is 12.5. The van der Waals surface area contributed by atoms with Crippen LogP contribution < -0.4 is 21.3 Å². The summed E-state index contributed by atoms with van der Waals surface area (Å²) < 4.78 is 38.2. The monoisotopic (exact) mass is 536 g/mol. The molecule has 1 aliphatic heterocycles. The lowest BCUT2D eigenvalue weighted by Gasteiger charge is -2.26. The molecule has 1 aromatic carbocycles. The first-order valence-electron chi connectivity index (χ1n) is 12.5. The lowest BCUT2D eigenvalue weighted by Crippen LogP contribution is -2.34. The molecule has 1 aliphatic carbocycles. The maximum Gasteiger partial charge on any atom is 0.405 e. The molecule has 0 radical (unpaired) electrons. The molecule has 1 fully saturated rings. The largest absolute Gasteiger partial charge is 0.405 e. The van der Waals surface area contributed by atoms with Crippen LogP contribution in [0.2, 0.25) is 0 Å². The number of carbonyl (C=O) groups is 1. The van der Waals surface area contributed by atoms with Gasteiger partial charge in [0.05, 0.1) is 17.2 Å². The Morgan fingerprint density at radius 3 is 2.62 bits per heavy atom. The maximum atomic E-state index is 12.7. The standard InChI is InChI=1S/C27H27F3N8O/c1-25(2,13-31)21-10-18(5-8-33-21)36-22-19(23(39)35-15-27(28,29)30)12-34-24(38-22)37-17-3-4-20-16(9-17)11-32-14-26(20)6-7-26/h3-5,8-10,12,32H,6-7,11,14-15H2,1-2H3,(H,35,39)(H2,33,34,36,37,38). The Kier molecular flexibility index (Phi) is 6.64. The van der Waals surface area contributed by atoms with Gasteiger partial charge in [-0.3, -0.25) is 9.78 Å². The van der Waals surface area contributed by atoms with E-state index in [1.807, 2.05) is 17.4 Å². The van der Waals surface area contributed by atoms with Crippen LogP contribution in [-0.2, 0) is 17.4 Å². The minimum atomic E-state index is -4.57. The number of anilines is 4. The van der Waals surface area contributed by atoms with Gasteiger partial charge < -0.3 is 21.3 Å². The highest BCUT2D eigenvalue weighted by Gasteiger charge is 2.46. The lowest BCUT2D eigenvalue weighted by molar-refractivity contribution is -0.123. The highest BCUT2D eigenvalue weighted by molar-refractivity contribution is 5.99. The normalized spacial score (nSPS) is 15.7. The Hall–Kier alpha value is -4.24. The fraction of sp³-hybridized carbons (Fsp3) is 0.370. The molecule has 12 heteroatoms. The molecule has 0 bridgehead atoms. The van der Waals surface area contributed by atoms with Gasteiger partial charge in [0.2, 0.25) is 5.95 Å². The van der Waals surface area contributed by atoms with Crippen molar-refractivity contribution >= 4 is 29.0 Å². The first-order chi connectivity index (χ1) is 18.5. The van der Waals surface area contributed by atoms with Gasteiger partial charge in [-0.05, 0) is 62.1 Å². The zero-order valence-corrected chi connectivity index (χ0v) is 21.4. The number of benzene rings is 1. The van der Waals surface area contributed by atoms with Crippen LogP contribution in [0.3, 0.4) is 0 Å². The van der Waals surface area contributed by atoms with Crippen molar-refractivity contribution in [3.8, 4) is 6.07 Å². The molecule has 0 saturated heterocycles. The van der Waals surface area contributed by atoms with Crippen molar-refractivity contribution in [3.63, 3.8) is 0 Å². The van der Waals surface area contributed by atoms with E-state index in [-0.39, 0.29) is 22.7 Å². The Bertz CT molecular complexity index is 1460. The number of nitriles is 1. The average Bonchev–Trinajstić information content (AvgIpc) is 3.67. The van der Waals surface area contributed by atoms with Crippen LogP contribution in [-0.4, -0.2) is 40.1 Å². The van der Waals surface area contributed by atoms with Crippen LogP contribution in [0.25, 0.3) is 0 Å². The lowest BCUT2D eigenvalue weighted by atomic mass is 9.88. The smallest absolute Gasteiger partial charge is 0.343 e. The Balaban J connectivity index is 1.44. The third-order valence-corrected chi connectivity index (χ3v) is 6.99. The highest BCUT2D eigenvalue weighted by Crippen LogP contribution is 2.50. The van der Waals surface area contributed by atoms with Crippen LogP contribution in [0, 0.1) is 11.3 Å². The molecule has 2 aromatic heterocycles. The van der Waals surface area contributed by atoms with E-state index >= 15 is 0 Å². The van der Waals surface area contributed by atoms with Crippen LogP contribution in [0.15, 0.2) is 42.7 Å². The van der Waals surface area contributed by atoms with E-state index in [4.69, 9.17) is 0 Å². The summed E-state index contributed by atoms with van der Waals surface area (Å²) in [6.45, 7) is 3.65. The summed E-state index contributed by atoms with van der Waals surface area (Å²) in [5.41, 5.74) is 3.38. The number of amides is 1. The summed E-state index contributed by atoms with van der Waals surface area (Å²) in [7, 11) is 0. The van der Waals surface area contributed by atoms with Gasteiger partial charge in [0.25, 0.3) is 5.91 Å². The van der Waals surface area contributed by atoms with Crippen LogP contribution in [0.1, 0.15) is 53.9 Å². The fourth-order valence-corrected chi connectivity index (χ4v) is 4.62. The van der Waals surface area contributed by atoms with Crippen molar-refractivity contribution in [1.29, 1.82) is 5.26 Å². The molecule has 3 heterocycles. The number of hydrogen-bond donors (Lipinski definition) is 4. The van der Waals surface area contributed by atoms with Gasteiger partial charge in [-0.25, -0.2) is 4.98 Å². The van der Waals surface area contributed by atoms with Gasteiger partial charge >= 0.3 is 6.18 Å². The molecule has 39 heavy (non-hydrogen) atoms. The van der Waals surface area contributed by atoms with Crippen molar-refractivity contribution < 1.29 is 18.0 Å². The molecule has 9 nitrogen and oxygen atoms in total. The first kappa shape index (κ1) is 26.4. The van der Waals surface area contributed by atoms with Crippen molar-refractivity contribution in [3.05, 3.63) is 65.1 Å². The second-order valence-corrected chi connectivity index (χ2v) is 10.4. The quantitative estimate of drug-likeness (QED) is 0.345. The molecule has 0 unspecified atom stereocenters. The highest BCUT2D eigenvalue weighted by atomic mass is 19.4. The summed E-state index contributed by atoms with van der Waals surface area (Å²) in [5, 5.41) is 20.9. The van der Waals surface area contributed by atoms with E-state index < -0.39 is 24.0 Å². The van der Waals surface area contributed by atoms with E-state index in [9.17, 15) is 23.2 Å². The van der Waals surface area contributed by atoms with Gasteiger partial charge in [-0.2, -0.15) is 23.4 Å². The molecular formula is C27H27F3N8O. The summed E-state index contributed by atoms with van der Waals surface area (Å²) in [4.78, 5) is 25.5. The van der Waals surface area contributed by atoms with Gasteiger partial charge in [0.1, 0.15) is 17.9 Å². The van der Waals surface area contributed by atoms with Crippen LogP contribution in [0.5, 0.6) is 0 Å². The molecule has 1 amide bonds. The average molecular weight is 537 g/mol. The molecule has 202 valence electrons. The Morgan fingerprint density at radius 2 is 1.90 bits per heavy atom. The van der Waals surface area contributed by atoms with E-state index in [1.165, 1.54) is 23.5 Å². The predicted molar refractivity (Wildman–Crippen MR) is 139 cm³/mol. The Morgan fingerprint density at radius 1 is 1.13 bits per heavy atom. The van der Waals surface area contributed by atoms with Crippen molar-refractivity contribution in [2.24, 2.45) is 0 Å². The number of alkyl halides is 3. The van der Waals surface area contributed by atoms with E-state index in [0.717, 1.165) is 31.6 Å². The zero-order chi connectivity index (χ0) is 27.8. The summed E-state index contributed by atoms with van der Waals surface area (Å²) in [6.07, 6.45) is 0.420. The van der Waals surface area contributed by atoms with Gasteiger partial charge in [-0.1, -0.05) is 6.07 Å². The van der Waals surface area contributed by atoms with Crippen molar-refractivity contribution in [1.82, 2.24) is 25.6 Å². The minimum Gasteiger partial charge on any atom is -0.343 e. The molecule has 2 aliphatic rings. The number of fused-ring (bicyclic) bond motifs is 2. The molecular weight excluding hydrogens is 509 g/mol. The number of rotatable bonds is 7. The molecule has 1 spiro atoms. The number of halogens is 3. The summed E-state index contributed by atoms with van der Waals surface area (Å²) in [6, 6.07) is 11.5. The third kappa shape index (κ3) is 5.78. The molecule has 0 atom stereocenters. The fourth-order valence-electron chi connectivity index (χ4n) is 4.62. The zero-order valence-electron chi connectivity index (χ0n) is 21.4. The number of nitrogens with one attached hydrogen (secondary N) is 4. The summed E-state index contributed by atoms with van der Waals surface area (Å²) >= 11 is 0. The second-order valence-electron chi connectivity index (χ2n) is 10.4.